The first-order valence-corrected chi connectivity index (χ1v) is 15.7. The van der Waals surface area contributed by atoms with Crippen molar-refractivity contribution < 1.29 is 39.5 Å². The number of amides is 1. The highest BCUT2D eigenvalue weighted by atomic mass is 35.5. The number of nitrogens with zero attached hydrogens (tertiary/aromatic N) is 4. The molecular weight excluding hydrogens is 634 g/mol. The van der Waals surface area contributed by atoms with Crippen LogP contribution >= 0.6 is 11.6 Å². The molecule has 0 spiro atoms. The first kappa shape index (κ1) is 25.9. The van der Waals surface area contributed by atoms with Crippen LogP contribution in [0.3, 0.4) is 0 Å². The van der Waals surface area contributed by atoms with Crippen molar-refractivity contribution in [2.75, 3.05) is 58.3 Å². The van der Waals surface area contributed by atoms with Crippen LogP contribution in [-0.2, 0) is 43.8 Å². The average Bonchev–Trinajstić information content (AvgIpc) is 3.55. The minimum atomic E-state index is -2.96. The number of carbonyl (C=O) groups excluding carboxylic acids is 2. The number of aromatic nitrogens is 3. The fourth-order valence-electron chi connectivity index (χ4n) is 4.87. The summed E-state index contributed by atoms with van der Waals surface area (Å²) < 4.78 is 89.9. The third-order valence-corrected chi connectivity index (χ3v) is 7.67. The van der Waals surface area contributed by atoms with Crippen LogP contribution in [0.1, 0.15) is 55.6 Å². The lowest BCUT2D eigenvalue weighted by Gasteiger charge is -2.26. The van der Waals surface area contributed by atoms with Crippen LogP contribution in [0.5, 0.6) is 17.2 Å². The zero-order valence-corrected chi connectivity index (χ0v) is 28.2. The number of rotatable bonds is 14. The maximum Gasteiger partial charge on any atom is 0.221 e. The molecule has 48 heavy (non-hydrogen) atoms. The van der Waals surface area contributed by atoms with Gasteiger partial charge in [0.15, 0.2) is 0 Å². The van der Waals surface area contributed by atoms with Crippen molar-refractivity contribution >= 4 is 39.9 Å². The Morgan fingerprint density at radius 3 is 2.54 bits per heavy atom. The molecule has 0 aliphatic carbocycles. The molecule has 1 aliphatic heterocycles. The molecule has 0 unspecified atom stereocenters. The molecule has 1 fully saturated rings. The number of hydrogen-bond acceptors (Lipinski definition) is 9. The second-order valence-corrected chi connectivity index (χ2v) is 12.5. The van der Waals surface area contributed by atoms with E-state index in [2.05, 4.69) is 20.1 Å². The van der Waals surface area contributed by atoms with E-state index in [0.29, 0.717) is 16.6 Å². The Bertz CT molecular complexity index is 2100. The van der Waals surface area contributed by atoms with Gasteiger partial charge >= 0.3 is 0 Å². The maximum atomic E-state index is 13.6. The highest BCUT2D eigenvalue weighted by Gasteiger charge is 2.22. The van der Waals surface area contributed by atoms with Crippen molar-refractivity contribution in [2.45, 2.75) is 52.4 Å². The fourth-order valence-corrected chi connectivity index (χ4v) is 5.10. The molecule has 1 N–H and O–H groups in total. The molecule has 0 saturated carbocycles. The minimum absolute atomic E-state index is 0.0202. The Morgan fingerprint density at radius 2 is 1.83 bits per heavy atom. The number of methoxy groups -OCH3 is 1. The molecule has 5 rings (SSSR count). The van der Waals surface area contributed by atoms with E-state index in [1.165, 1.54) is 36.2 Å². The summed E-state index contributed by atoms with van der Waals surface area (Å²) in [5.74, 6) is -0.450. The molecule has 1 saturated heterocycles. The van der Waals surface area contributed by atoms with Gasteiger partial charge < -0.3 is 24.3 Å². The highest BCUT2D eigenvalue weighted by Crippen LogP contribution is 2.37. The third-order valence-electron chi connectivity index (χ3n) is 7.31. The van der Waals surface area contributed by atoms with Crippen molar-refractivity contribution in [2.24, 2.45) is 0 Å². The number of aryl methyl sites for hydroxylation is 1. The van der Waals surface area contributed by atoms with E-state index >= 15 is 0 Å². The molecule has 0 radical (unpaired) electrons. The standard InChI is InChI=1S/C36H44ClN5O6/c1-24(43)39-32-22-29-31(23-34(32)47-17-16-45-5)38-9-8-33(29)48-28-7-6-25(30(37)21-28)18-27(44)19-26-20-35(36(2,3)4)40-42(26)11-10-41-12-14-46-15-13-41/h6-9,20-23H,10-19H2,1-5H3,(H,39,43)/i10D2,11D2,16D2,17D2. The molecule has 0 bridgehead atoms. The predicted octanol–water partition coefficient (Wildman–Crippen LogP) is 5.84. The van der Waals surface area contributed by atoms with Gasteiger partial charge in [0, 0.05) is 83.0 Å². The Labute approximate surface area is 297 Å². The average molecular weight is 686 g/mol. The zero-order chi connectivity index (χ0) is 41.4. The van der Waals surface area contributed by atoms with Crippen LogP contribution in [0, 0.1) is 0 Å². The third kappa shape index (κ3) is 9.31. The molecule has 256 valence electrons. The van der Waals surface area contributed by atoms with E-state index in [1.807, 2.05) is 20.8 Å². The van der Waals surface area contributed by atoms with E-state index in [9.17, 15) is 9.59 Å². The summed E-state index contributed by atoms with van der Waals surface area (Å²) in [5.41, 5.74) is 0.980. The maximum absolute atomic E-state index is 13.6. The summed E-state index contributed by atoms with van der Waals surface area (Å²) in [6.07, 6.45) is 1.07. The van der Waals surface area contributed by atoms with E-state index in [4.69, 9.17) is 36.8 Å². The normalized spacial score (nSPS) is 17.5. The number of morpholine rings is 1. The van der Waals surface area contributed by atoms with Crippen LogP contribution in [0.4, 0.5) is 5.69 Å². The van der Waals surface area contributed by atoms with Crippen LogP contribution in [-0.4, -0.2) is 84.4 Å². The molecule has 2 aromatic heterocycles. The number of pyridine rings is 1. The summed E-state index contributed by atoms with van der Waals surface area (Å²) in [6, 6.07) is 10.7. The molecular formula is C36H44ClN5O6. The smallest absolute Gasteiger partial charge is 0.221 e. The largest absolute Gasteiger partial charge is 0.489 e. The number of ether oxygens (including phenoxy) is 4. The van der Waals surface area contributed by atoms with Gasteiger partial charge in [-0.2, -0.15) is 5.10 Å². The highest BCUT2D eigenvalue weighted by molar-refractivity contribution is 6.31. The predicted molar refractivity (Wildman–Crippen MR) is 186 cm³/mol. The number of nitrogens with one attached hydrogen (secondary N) is 1. The van der Waals surface area contributed by atoms with Gasteiger partial charge in [0.25, 0.3) is 0 Å². The molecule has 4 aromatic rings. The second-order valence-electron chi connectivity index (χ2n) is 12.1. The van der Waals surface area contributed by atoms with Crippen LogP contribution in [0.2, 0.25) is 5.02 Å². The number of hydrogen-bond donors (Lipinski definition) is 1. The molecule has 3 heterocycles. The quantitative estimate of drug-likeness (QED) is 0.175. The van der Waals surface area contributed by atoms with E-state index in [-0.39, 0.29) is 84.1 Å². The number of carbonyl (C=O) groups is 2. The van der Waals surface area contributed by atoms with Gasteiger partial charge in [0.05, 0.1) is 51.4 Å². The number of fused-ring (bicyclic) bond motifs is 1. The van der Waals surface area contributed by atoms with Crippen LogP contribution in [0.15, 0.2) is 48.7 Å². The number of ketones is 1. The Morgan fingerprint density at radius 1 is 1.04 bits per heavy atom. The zero-order valence-electron chi connectivity index (χ0n) is 35.5. The van der Waals surface area contributed by atoms with E-state index < -0.39 is 37.4 Å². The van der Waals surface area contributed by atoms with Crippen molar-refractivity contribution in [1.29, 1.82) is 0 Å². The van der Waals surface area contributed by atoms with Crippen molar-refractivity contribution in [3.63, 3.8) is 0 Å². The first-order valence-electron chi connectivity index (χ1n) is 19.3. The number of Topliss-reactive ketones (excluding diaryl/α,β-unsaturated/α-hetero) is 1. The number of benzene rings is 2. The summed E-state index contributed by atoms with van der Waals surface area (Å²) in [7, 11) is 0.997. The van der Waals surface area contributed by atoms with Gasteiger partial charge in [0.2, 0.25) is 5.91 Å². The molecule has 11 nitrogen and oxygen atoms in total. The summed E-state index contributed by atoms with van der Waals surface area (Å²) in [6.45, 7) is -3.01. The summed E-state index contributed by atoms with van der Waals surface area (Å²) in [4.78, 5) is 31.3. The number of anilines is 1. The minimum Gasteiger partial charge on any atom is -0.489 e. The number of halogens is 1. The van der Waals surface area contributed by atoms with Crippen molar-refractivity contribution in [1.82, 2.24) is 19.7 Å². The van der Waals surface area contributed by atoms with Crippen LogP contribution in [0.25, 0.3) is 10.9 Å². The first-order chi connectivity index (χ1) is 26.0. The molecule has 1 amide bonds. The fraction of sp³-hybridized carbons (Fsp3) is 0.444. The molecule has 0 atom stereocenters. The van der Waals surface area contributed by atoms with Gasteiger partial charge in [-0.05, 0) is 35.9 Å². The lowest BCUT2D eigenvalue weighted by Crippen LogP contribution is -2.38. The Hall–Kier alpha value is -4.03. The SMILES string of the molecule is [2H]C([2H])(OC)C([2H])([2H])Oc1cc2nccc(Oc3ccc(CC(=O)Cc4cc(C(C)(C)C)nn4C([2H])([2H])C([2H])([2H])N4CCOCC4)c(Cl)c3)c2cc1NC(C)=O. The van der Waals surface area contributed by atoms with Gasteiger partial charge in [-0.3, -0.25) is 24.2 Å². The van der Waals surface area contributed by atoms with Crippen molar-refractivity contribution in [3.8, 4) is 17.2 Å². The summed E-state index contributed by atoms with van der Waals surface area (Å²) in [5, 5.41) is 7.66. The summed E-state index contributed by atoms with van der Waals surface area (Å²) >= 11 is 6.66. The topological polar surface area (TPSA) is 117 Å². The van der Waals surface area contributed by atoms with E-state index in [1.54, 1.807) is 24.3 Å². The van der Waals surface area contributed by atoms with Crippen LogP contribution < -0.4 is 14.8 Å². The van der Waals surface area contributed by atoms with Gasteiger partial charge in [-0.1, -0.05) is 38.4 Å². The molecule has 1 aliphatic rings. The monoisotopic (exact) mass is 685 g/mol. The van der Waals surface area contributed by atoms with Gasteiger partial charge in [-0.15, -0.1) is 0 Å². The Kier molecular flexibility index (Phi) is 8.59. The molecule has 2 aromatic carbocycles. The lowest BCUT2D eigenvalue weighted by atomic mass is 9.92. The van der Waals surface area contributed by atoms with E-state index in [0.717, 1.165) is 11.8 Å². The van der Waals surface area contributed by atoms with Gasteiger partial charge in [-0.25, -0.2) is 0 Å². The Balaban J connectivity index is 1.38. The lowest BCUT2D eigenvalue weighted by molar-refractivity contribution is -0.118. The van der Waals surface area contributed by atoms with Crippen molar-refractivity contribution in [3.05, 3.63) is 70.6 Å². The van der Waals surface area contributed by atoms with Gasteiger partial charge in [0.1, 0.15) is 29.6 Å². The second kappa shape index (κ2) is 15.9. The molecule has 12 heteroatoms.